The summed E-state index contributed by atoms with van der Waals surface area (Å²) in [6.07, 6.45) is 7.09. The molecule has 2 bridgehead atoms. The van der Waals surface area contributed by atoms with Crippen molar-refractivity contribution in [2.24, 2.45) is 17.3 Å². The van der Waals surface area contributed by atoms with Crippen LogP contribution >= 0.6 is 0 Å². The molecule has 2 fully saturated rings. The smallest absolute Gasteiger partial charge is 0.0897 e. The van der Waals surface area contributed by atoms with E-state index in [1.807, 2.05) is 0 Å². The van der Waals surface area contributed by atoms with Gasteiger partial charge in [-0.3, -0.25) is 0 Å². The van der Waals surface area contributed by atoms with E-state index < -0.39 is 0 Å². The number of allylic oxidation sites excluding steroid dienone is 1. The molecular weight excluding hydrogens is 238 g/mol. The van der Waals surface area contributed by atoms with Gasteiger partial charge in [-0.05, 0) is 48.5 Å². The second-order valence-electron chi connectivity index (χ2n) is 7.17. The molecule has 3 nitrogen and oxygen atoms in total. The van der Waals surface area contributed by atoms with Gasteiger partial charge < -0.3 is 15.2 Å². The normalized spacial score (nSPS) is 33.5. The highest BCUT2D eigenvalue weighted by Crippen LogP contribution is 2.59. The molecule has 4 aliphatic rings. The van der Waals surface area contributed by atoms with Crippen molar-refractivity contribution in [2.75, 3.05) is 19.8 Å². The van der Waals surface area contributed by atoms with Crippen LogP contribution in [-0.2, 0) is 4.74 Å². The molecule has 4 rings (SSSR count). The van der Waals surface area contributed by atoms with E-state index in [1.165, 1.54) is 31.3 Å². The van der Waals surface area contributed by atoms with Crippen molar-refractivity contribution >= 4 is 0 Å². The molecule has 0 aromatic rings. The van der Waals surface area contributed by atoms with Crippen LogP contribution in [0.4, 0.5) is 0 Å². The predicted molar refractivity (Wildman–Crippen MR) is 75.9 cm³/mol. The summed E-state index contributed by atoms with van der Waals surface area (Å²) in [7, 11) is 0. The van der Waals surface area contributed by atoms with Crippen LogP contribution in [0.15, 0.2) is 11.6 Å². The topological polar surface area (TPSA) is 41.5 Å². The van der Waals surface area contributed by atoms with Crippen molar-refractivity contribution in [1.29, 1.82) is 0 Å². The average molecular weight is 265 g/mol. The van der Waals surface area contributed by atoms with Crippen LogP contribution in [0.3, 0.4) is 0 Å². The molecule has 0 radical (unpaired) electrons. The van der Waals surface area contributed by atoms with Gasteiger partial charge in [-0.2, -0.15) is 0 Å². The summed E-state index contributed by atoms with van der Waals surface area (Å²) in [4.78, 5) is 0. The van der Waals surface area contributed by atoms with Crippen molar-refractivity contribution in [3.8, 4) is 0 Å². The zero-order valence-corrected chi connectivity index (χ0v) is 12.2. The van der Waals surface area contributed by atoms with Gasteiger partial charge in [0.15, 0.2) is 0 Å². The van der Waals surface area contributed by atoms with Crippen molar-refractivity contribution in [1.82, 2.24) is 5.32 Å². The van der Waals surface area contributed by atoms with E-state index in [9.17, 15) is 5.11 Å². The zero-order valence-electron chi connectivity index (χ0n) is 12.2. The van der Waals surface area contributed by atoms with Crippen LogP contribution < -0.4 is 5.32 Å². The molecule has 19 heavy (non-hydrogen) atoms. The highest BCUT2D eigenvalue weighted by molar-refractivity contribution is 5.23. The van der Waals surface area contributed by atoms with E-state index in [-0.39, 0.29) is 6.10 Å². The maximum Gasteiger partial charge on any atom is 0.0897 e. The van der Waals surface area contributed by atoms with Gasteiger partial charge in [-0.25, -0.2) is 0 Å². The Bertz CT molecular complexity index is 360. The van der Waals surface area contributed by atoms with Crippen molar-refractivity contribution in [3.63, 3.8) is 0 Å². The molecule has 2 N–H and O–H groups in total. The predicted octanol–water partition coefficient (Wildman–Crippen LogP) is 2.11. The highest BCUT2D eigenvalue weighted by atomic mass is 16.5. The molecule has 0 aromatic carbocycles. The molecule has 0 amide bonds. The number of ether oxygens (including phenoxy) is 1. The van der Waals surface area contributed by atoms with E-state index in [2.05, 4.69) is 25.2 Å². The molecule has 4 aliphatic carbocycles. The Labute approximate surface area is 116 Å². The summed E-state index contributed by atoms with van der Waals surface area (Å²) < 4.78 is 5.72. The van der Waals surface area contributed by atoms with E-state index in [1.54, 1.807) is 0 Å². The standard InChI is InChI=1S/C16H27NO2/c1-16(2)12-4-3-11(15(16)7-12)9-19-10-14(18)8-17-13-5-6-13/h3,12-15,17-18H,4-10H2,1-2H3/t12-,14-,15-/m1/s1. The van der Waals surface area contributed by atoms with Crippen LogP contribution in [0.2, 0.25) is 0 Å². The van der Waals surface area contributed by atoms with Crippen LogP contribution in [0.25, 0.3) is 0 Å². The van der Waals surface area contributed by atoms with Gasteiger partial charge in [-0.1, -0.05) is 19.9 Å². The van der Waals surface area contributed by atoms with Gasteiger partial charge >= 0.3 is 0 Å². The summed E-state index contributed by atoms with van der Waals surface area (Å²) in [5, 5.41) is 13.2. The summed E-state index contributed by atoms with van der Waals surface area (Å²) in [5.74, 6) is 1.60. The fraction of sp³-hybridized carbons (Fsp3) is 0.875. The summed E-state index contributed by atoms with van der Waals surface area (Å²) in [5.41, 5.74) is 1.94. The highest BCUT2D eigenvalue weighted by Gasteiger charge is 2.50. The van der Waals surface area contributed by atoms with Gasteiger partial charge in [0.2, 0.25) is 0 Å². The Morgan fingerprint density at radius 2 is 2.26 bits per heavy atom. The third-order valence-electron chi connectivity index (χ3n) is 5.38. The minimum absolute atomic E-state index is 0.369. The summed E-state index contributed by atoms with van der Waals surface area (Å²) in [6.45, 7) is 6.59. The molecule has 0 spiro atoms. The Kier molecular flexibility index (Phi) is 3.71. The first-order chi connectivity index (χ1) is 9.07. The van der Waals surface area contributed by atoms with E-state index in [0.717, 1.165) is 5.92 Å². The van der Waals surface area contributed by atoms with Crippen LogP contribution in [0, 0.1) is 17.3 Å². The molecule has 3 heteroatoms. The number of hydrogen-bond acceptors (Lipinski definition) is 3. The number of nitrogens with one attached hydrogen (secondary N) is 1. The lowest BCUT2D eigenvalue weighted by Crippen LogP contribution is -2.48. The second-order valence-corrected chi connectivity index (χ2v) is 7.17. The Morgan fingerprint density at radius 1 is 1.47 bits per heavy atom. The number of fused-ring (bicyclic) bond motifs is 1. The SMILES string of the molecule is CC1(C)[C@@H]2CC=C(COC[C@H](O)CNC3CC3)[C@H]1C2. The first kappa shape index (κ1) is 13.6. The van der Waals surface area contributed by atoms with Crippen LogP contribution in [-0.4, -0.2) is 37.0 Å². The largest absolute Gasteiger partial charge is 0.389 e. The van der Waals surface area contributed by atoms with Gasteiger partial charge in [0, 0.05) is 12.6 Å². The maximum atomic E-state index is 9.83. The number of aliphatic hydroxyl groups is 1. The van der Waals surface area contributed by atoms with Crippen molar-refractivity contribution < 1.29 is 9.84 Å². The van der Waals surface area contributed by atoms with Crippen molar-refractivity contribution in [3.05, 3.63) is 11.6 Å². The van der Waals surface area contributed by atoms with Gasteiger partial charge in [-0.15, -0.1) is 0 Å². The lowest BCUT2D eigenvalue weighted by molar-refractivity contribution is -0.0235. The van der Waals surface area contributed by atoms with Gasteiger partial charge in [0.1, 0.15) is 0 Å². The van der Waals surface area contributed by atoms with Crippen LogP contribution in [0.1, 0.15) is 39.5 Å². The van der Waals surface area contributed by atoms with Gasteiger partial charge in [0.05, 0.1) is 19.3 Å². The lowest BCUT2D eigenvalue weighted by Gasteiger charge is -2.56. The van der Waals surface area contributed by atoms with E-state index in [0.29, 0.717) is 37.1 Å². The van der Waals surface area contributed by atoms with Gasteiger partial charge in [0.25, 0.3) is 0 Å². The molecule has 108 valence electrons. The zero-order chi connectivity index (χ0) is 13.5. The quantitative estimate of drug-likeness (QED) is 0.693. The first-order valence-electron chi connectivity index (χ1n) is 7.75. The summed E-state index contributed by atoms with van der Waals surface area (Å²) in [6, 6.07) is 0.656. The lowest BCUT2D eigenvalue weighted by atomic mass is 9.49. The second kappa shape index (κ2) is 5.19. The summed E-state index contributed by atoms with van der Waals surface area (Å²) >= 11 is 0. The Morgan fingerprint density at radius 3 is 2.89 bits per heavy atom. The maximum absolute atomic E-state index is 9.83. The molecule has 0 aliphatic heterocycles. The fourth-order valence-electron chi connectivity index (χ4n) is 3.60. The molecule has 0 heterocycles. The fourth-order valence-corrected chi connectivity index (χ4v) is 3.60. The average Bonchev–Trinajstić information content (AvgIpc) is 3.20. The molecule has 2 saturated carbocycles. The molecule has 3 atom stereocenters. The number of rotatable bonds is 7. The number of hydrogen-bond donors (Lipinski definition) is 2. The Balaban J connectivity index is 1.36. The Hall–Kier alpha value is -0.380. The third-order valence-corrected chi connectivity index (χ3v) is 5.38. The molecule has 0 saturated heterocycles. The van der Waals surface area contributed by atoms with E-state index in [4.69, 9.17) is 4.74 Å². The molecular formula is C16H27NO2. The number of aliphatic hydroxyl groups excluding tert-OH is 1. The van der Waals surface area contributed by atoms with Crippen LogP contribution in [0.5, 0.6) is 0 Å². The molecule has 0 unspecified atom stereocenters. The third kappa shape index (κ3) is 2.88. The minimum Gasteiger partial charge on any atom is -0.389 e. The van der Waals surface area contributed by atoms with Crippen molar-refractivity contribution in [2.45, 2.75) is 51.7 Å². The molecule has 0 aromatic heterocycles. The van der Waals surface area contributed by atoms with E-state index >= 15 is 0 Å². The first-order valence-corrected chi connectivity index (χ1v) is 7.75. The minimum atomic E-state index is -0.369. The monoisotopic (exact) mass is 265 g/mol.